The number of fused-ring (bicyclic) bond motifs is 1. The first-order valence-corrected chi connectivity index (χ1v) is 7.74. The number of rotatable bonds is 4. The lowest BCUT2D eigenvalue weighted by Crippen LogP contribution is -2.09. The molecule has 0 aliphatic heterocycles. The van der Waals surface area contributed by atoms with Crippen molar-refractivity contribution in [2.45, 2.75) is 6.10 Å². The molecule has 23 heavy (non-hydrogen) atoms. The number of aromatic amines is 1. The Morgan fingerprint density at radius 3 is 1.96 bits per heavy atom. The lowest BCUT2D eigenvalue weighted by molar-refractivity contribution is 0.250. The van der Waals surface area contributed by atoms with Gasteiger partial charge in [0.1, 0.15) is 11.9 Å². The molecule has 4 rings (SSSR count). The van der Waals surface area contributed by atoms with Gasteiger partial charge in [0.05, 0.1) is 5.52 Å². The van der Waals surface area contributed by atoms with Gasteiger partial charge in [-0.3, -0.25) is 0 Å². The fraction of sp³-hybridized carbons (Fsp3) is 0.0476. The molecule has 0 aliphatic carbocycles. The van der Waals surface area contributed by atoms with E-state index in [2.05, 4.69) is 41.4 Å². The van der Waals surface area contributed by atoms with Crippen LogP contribution in [-0.2, 0) is 0 Å². The van der Waals surface area contributed by atoms with Gasteiger partial charge in [0, 0.05) is 11.6 Å². The lowest BCUT2D eigenvalue weighted by atomic mass is 10.0. The van der Waals surface area contributed by atoms with E-state index in [-0.39, 0.29) is 6.10 Å². The van der Waals surface area contributed by atoms with Crippen molar-refractivity contribution in [2.24, 2.45) is 0 Å². The summed E-state index contributed by atoms with van der Waals surface area (Å²) < 4.78 is 6.43. The van der Waals surface area contributed by atoms with E-state index >= 15 is 0 Å². The molecule has 0 unspecified atom stereocenters. The van der Waals surface area contributed by atoms with E-state index in [1.54, 1.807) is 0 Å². The van der Waals surface area contributed by atoms with Gasteiger partial charge >= 0.3 is 0 Å². The van der Waals surface area contributed by atoms with E-state index in [0.29, 0.717) is 0 Å². The Hall–Kier alpha value is -3.00. The number of para-hydroxylation sites is 1. The van der Waals surface area contributed by atoms with Crippen LogP contribution >= 0.6 is 0 Å². The van der Waals surface area contributed by atoms with Crippen LogP contribution in [0, 0.1) is 0 Å². The van der Waals surface area contributed by atoms with Crippen molar-refractivity contribution >= 4 is 10.9 Å². The van der Waals surface area contributed by atoms with Crippen LogP contribution in [-0.4, -0.2) is 4.98 Å². The predicted molar refractivity (Wildman–Crippen MR) is 93.7 cm³/mol. The first kappa shape index (κ1) is 13.6. The molecular weight excluding hydrogens is 282 g/mol. The summed E-state index contributed by atoms with van der Waals surface area (Å²) in [5.74, 6) is 0.866. The molecule has 2 heteroatoms. The number of ether oxygens (including phenoxy) is 1. The summed E-state index contributed by atoms with van der Waals surface area (Å²) >= 11 is 0. The summed E-state index contributed by atoms with van der Waals surface area (Å²) in [4.78, 5) is 3.27. The van der Waals surface area contributed by atoms with Crippen molar-refractivity contribution < 1.29 is 4.74 Å². The molecule has 0 bridgehead atoms. The zero-order chi connectivity index (χ0) is 15.5. The van der Waals surface area contributed by atoms with Crippen LogP contribution in [0.2, 0.25) is 0 Å². The smallest absolute Gasteiger partial charge is 0.149 e. The fourth-order valence-corrected chi connectivity index (χ4v) is 2.87. The van der Waals surface area contributed by atoms with Gasteiger partial charge in [-0.15, -0.1) is 0 Å². The van der Waals surface area contributed by atoms with Crippen molar-refractivity contribution in [3.8, 4) is 5.75 Å². The molecule has 0 radical (unpaired) electrons. The maximum Gasteiger partial charge on any atom is 0.149 e. The highest BCUT2D eigenvalue weighted by Crippen LogP contribution is 2.32. The monoisotopic (exact) mass is 299 g/mol. The summed E-state index contributed by atoms with van der Waals surface area (Å²) in [6.45, 7) is 0. The van der Waals surface area contributed by atoms with Crippen molar-refractivity contribution in [1.82, 2.24) is 4.98 Å². The van der Waals surface area contributed by atoms with Crippen LogP contribution in [0.25, 0.3) is 10.9 Å². The summed E-state index contributed by atoms with van der Waals surface area (Å²) in [5, 5.41) is 1.15. The number of hydrogen-bond donors (Lipinski definition) is 1. The normalized spacial score (nSPS) is 11.0. The third-order valence-corrected chi connectivity index (χ3v) is 4.00. The highest BCUT2D eigenvalue weighted by atomic mass is 16.5. The van der Waals surface area contributed by atoms with Crippen LogP contribution in [0.3, 0.4) is 0 Å². The van der Waals surface area contributed by atoms with Crippen LogP contribution in [0.1, 0.15) is 17.2 Å². The molecule has 0 fully saturated rings. The maximum absolute atomic E-state index is 6.43. The third kappa shape index (κ3) is 2.71. The zero-order valence-corrected chi connectivity index (χ0v) is 12.6. The van der Waals surface area contributed by atoms with Gasteiger partial charge in [-0.05, 0) is 23.3 Å². The van der Waals surface area contributed by atoms with Gasteiger partial charge < -0.3 is 9.72 Å². The van der Waals surface area contributed by atoms with Gasteiger partial charge in [0.15, 0.2) is 0 Å². The average Bonchev–Trinajstić information content (AvgIpc) is 3.11. The zero-order valence-electron chi connectivity index (χ0n) is 12.6. The Bertz CT molecular complexity index is 857. The topological polar surface area (TPSA) is 25.0 Å². The summed E-state index contributed by atoms with van der Waals surface area (Å²) in [5.41, 5.74) is 3.31. The minimum absolute atomic E-state index is 0.133. The Morgan fingerprint density at radius 1 is 0.652 bits per heavy atom. The van der Waals surface area contributed by atoms with Crippen LogP contribution < -0.4 is 4.74 Å². The molecular formula is C21H17NO. The summed E-state index contributed by atoms with van der Waals surface area (Å²) in [7, 11) is 0. The van der Waals surface area contributed by atoms with Crippen molar-refractivity contribution in [2.75, 3.05) is 0 Å². The molecule has 112 valence electrons. The second-order valence-corrected chi connectivity index (χ2v) is 5.52. The molecule has 0 spiro atoms. The first-order valence-electron chi connectivity index (χ1n) is 7.74. The van der Waals surface area contributed by atoms with E-state index in [9.17, 15) is 0 Å². The number of hydrogen-bond acceptors (Lipinski definition) is 1. The Balaban J connectivity index is 1.79. The molecule has 2 nitrogen and oxygen atoms in total. The van der Waals surface area contributed by atoms with Gasteiger partial charge in [0.25, 0.3) is 0 Å². The van der Waals surface area contributed by atoms with Gasteiger partial charge in [0.2, 0.25) is 0 Å². The van der Waals surface area contributed by atoms with Crippen molar-refractivity contribution in [3.05, 3.63) is 102 Å². The molecule has 1 aromatic heterocycles. The minimum Gasteiger partial charge on any atom is -0.479 e. The van der Waals surface area contributed by atoms with E-state index in [1.165, 1.54) is 0 Å². The van der Waals surface area contributed by atoms with Crippen molar-refractivity contribution in [1.29, 1.82) is 0 Å². The van der Waals surface area contributed by atoms with Gasteiger partial charge in [-0.1, -0.05) is 72.8 Å². The molecule has 0 saturated heterocycles. The maximum atomic E-state index is 6.43. The summed E-state index contributed by atoms with van der Waals surface area (Å²) in [6, 6.07) is 28.8. The quantitative estimate of drug-likeness (QED) is 0.541. The summed E-state index contributed by atoms with van der Waals surface area (Å²) in [6.07, 6.45) is 1.81. The molecule has 0 amide bonds. The Morgan fingerprint density at radius 2 is 1.30 bits per heavy atom. The fourth-order valence-electron chi connectivity index (χ4n) is 2.87. The van der Waals surface area contributed by atoms with Crippen molar-refractivity contribution in [3.63, 3.8) is 0 Å². The SMILES string of the molecule is c1ccc(C(Oc2cccc3cc[nH]c23)c2ccccc2)cc1. The lowest BCUT2D eigenvalue weighted by Gasteiger charge is -2.20. The molecule has 1 N–H and O–H groups in total. The first-order chi connectivity index (χ1) is 11.4. The Kier molecular flexibility index (Phi) is 3.57. The van der Waals surface area contributed by atoms with Gasteiger partial charge in [-0.25, -0.2) is 0 Å². The Labute approximate surface area is 135 Å². The van der Waals surface area contributed by atoms with E-state index < -0.39 is 0 Å². The molecule has 1 heterocycles. The largest absolute Gasteiger partial charge is 0.479 e. The average molecular weight is 299 g/mol. The van der Waals surface area contributed by atoms with Crippen LogP contribution in [0.15, 0.2) is 91.1 Å². The van der Waals surface area contributed by atoms with E-state index in [1.807, 2.05) is 54.7 Å². The van der Waals surface area contributed by atoms with E-state index in [4.69, 9.17) is 4.74 Å². The van der Waals surface area contributed by atoms with Crippen LogP contribution in [0.5, 0.6) is 5.75 Å². The number of aromatic nitrogens is 1. The number of H-pyrrole nitrogens is 1. The molecule has 0 aliphatic rings. The van der Waals surface area contributed by atoms with E-state index in [0.717, 1.165) is 27.8 Å². The molecule has 3 aromatic carbocycles. The molecule has 0 saturated carbocycles. The minimum atomic E-state index is -0.133. The number of nitrogens with one attached hydrogen (secondary N) is 1. The predicted octanol–water partition coefficient (Wildman–Crippen LogP) is 5.34. The van der Waals surface area contributed by atoms with Crippen LogP contribution in [0.4, 0.5) is 0 Å². The highest BCUT2D eigenvalue weighted by molar-refractivity contribution is 5.85. The standard InChI is InChI=1S/C21H17NO/c1-3-8-17(9-4-1)21(18-10-5-2-6-11-18)23-19-13-7-12-16-14-15-22-20(16)19/h1-15,21-22H. The molecule has 4 aromatic rings. The second kappa shape index (κ2) is 6.01. The molecule has 0 atom stereocenters. The highest BCUT2D eigenvalue weighted by Gasteiger charge is 2.17. The second-order valence-electron chi connectivity index (χ2n) is 5.52. The van der Waals surface area contributed by atoms with Gasteiger partial charge in [-0.2, -0.15) is 0 Å². The third-order valence-electron chi connectivity index (χ3n) is 4.00. The number of benzene rings is 3.